The molecule has 0 saturated carbocycles. The van der Waals surface area contributed by atoms with Gasteiger partial charge in [0.2, 0.25) is 0 Å². The molecule has 0 unspecified atom stereocenters. The van der Waals surface area contributed by atoms with Crippen molar-refractivity contribution in [3.05, 3.63) is 69.8 Å². The fraction of sp³-hybridized carbons (Fsp3) is 0.440. The average Bonchev–Trinajstić information content (AvgIpc) is 2.56. The highest BCUT2D eigenvalue weighted by Gasteiger charge is 2.44. The molecule has 144 valence electrons. The van der Waals surface area contributed by atoms with E-state index in [4.69, 9.17) is 4.99 Å². The molecule has 0 bridgehead atoms. The molecule has 0 fully saturated rings. The lowest BCUT2D eigenvalue weighted by molar-refractivity contribution is 0.302. The maximum absolute atomic E-state index is 5.23. The molecule has 0 saturated heterocycles. The van der Waals surface area contributed by atoms with Gasteiger partial charge in [-0.2, -0.15) is 0 Å². The van der Waals surface area contributed by atoms with Crippen LogP contribution in [0.25, 0.3) is 0 Å². The van der Waals surface area contributed by atoms with Gasteiger partial charge in [-0.1, -0.05) is 55.3 Å². The van der Waals surface area contributed by atoms with Gasteiger partial charge >= 0.3 is 0 Å². The zero-order chi connectivity index (χ0) is 20.4. The molecule has 1 aromatic carbocycles. The number of aliphatic imine (C=N–C) groups is 2. The summed E-state index contributed by atoms with van der Waals surface area (Å²) in [7, 11) is 1.82. The lowest BCUT2D eigenvalue weighted by Crippen LogP contribution is -2.46. The average molecular weight is 363 g/mol. The Hall–Kier alpha value is -2.22. The van der Waals surface area contributed by atoms with Crippen molar-refractivity contribution in [2.24, 2.45) is 9.98 Å². The molecule has 1 aromatic rings. The van der Waals surface area contributed by atoms with E-state index in [2.05, 4.69) is 96.8 Å². The topological polar surface area (TPSA) is 24.7 Å². The van der Waals surface area contributed by atoms with E-state index in [-0.39, 0.29) is 11.0 Å². The summed E-state index contributed by atoms with van der Waals surface area (Å²) in [5.74, 6) is 0. The van der Waals surface area contributed by atoms with Crippen LogP contribution in [-0.2, 0) is 5.41 Å². The maximum atomic E-state index is 5.23. The fourth-order valence-electron chi connectivity index (χ4n) is 3.60. The molecule has 0 N–H and O–H groups in total. The van der Waals surface area contributed by atoms with Crippen LogP contribution in [0.15, 0.2) is 63.1 Å². The van der Waals surface area contributed by atoms with Crippen molar-refractivity contribution < 1.29 is 0 Å². The van der Waals surface area contributed by atoms with Crippen molar-refractivity contribution in [1.82, 2.24) is 0 Å². The fourth-order valence-corrected chi connectivity index (χ4v) is 3.60. The summed E-state index contributed by atoms with van der Waals surface area (Å²) in [6.07, 6.45) is 8.40. The number of hydrogen-bond donors (Lipinski definition) is 0. The molecule has 2 nitrogen and oxygen atoms in total. The lowest BCUT2D eigenvalue weighted by atomic mass is 9.64. The van der Waals surface area contributed by atoms with Gasteiger partial charge in [-0.3, -0.25) is 9.98 Å². The third kappa shape index (κ3) is 4.21. The van der Waals surface area contributed by atoms with Gasteiger partial charge in [-0.15, -0.1) is 0 Å². The van der Waals surface area contributed by atoms with Crippen molar-refractivity contribution in [1.29, 1.82) is 0 Å². The van der Waals surface area contributed by atoms with Crippen molar-refractivity contribution in [3.8, 4) is 0 Å². The van der Waals surface area contributed by atoms with E-state index in [0.717, 1.165) is 11.3 Å². The number of hydrogen-bond acceptors (Lipinski definition) is 2. The van der Waals surface area contributed by atoms with Gasteiger partial charge in [-0.05, 0) is 58.7 Å². The molecule has 27 heavy (non-hydrogen) atoms. The third-order valence-electron chi connectivity index (χ3n) is 5.68. The Bertz CT molecular complexity index is 868. The monoisotopic (exact) mass is 362 g/mol. The van der Waals surface area contributed by atoms with E-state index in [9.17, 15) is 0 Å². The third-order valence-corrected chi connectivity index (χ3v) is 5.68. The highest BCUT2D eigenvalue weighted by Crippen LogP contribution is 2.45. The quantitative estimate of drug-likeness (QED) is 0.438. The van der Waals surface area contributed by atoms with Gasteiger partial charge in [0.15, 0.2) is 0 Å². The minimum absolute atomic E-state index is 0.0431. The summed E-state index contributed by atoms with van der Waals surface area (Å²) in [5, 5.41) is 0. The molecule has 1 heterocycles. The molecule has 0 spiro atoms. The largest absolute Gasteiger partial charge is 0.296 e. The van der Waals surface area contributed by atoms with Gasteiger partial charge in [-0.25, -0.2) is 0 Å². The first kappa shape index (κ1) is 21.1. The van der Waals surface area contributed by atoms with E-state index in [1.165, 1.54) is 27.8 Å². The SMILES string of the molecule is C\N=C/C(=C\C(C)=C\C=C(C)C)C1=NC(C)(C)C(C)(C)c2c(C)cccc21. The second-order valence-electron chi connectivity index (χ2n) is 8.78. The molecule has 0 radical (unpaired) electrons. The van der Waals surface area contributed by atoms with Crippen molar-refractivity contribution >= 4 is 11.9 Å². The van der Waals surface area contributed by atoms with Crippen LogP contribution >= 0.6 is 0 Å². The summed E-state index contributed by atoms with van der Waals surface area (Å²) in [6.45, 7) is 17.6. The van der Waals surface area contributed by atoms with Crippen LogP contribution in [0.4, 0.5) is 0 Å². The second-order valence-corrected chi connectivity index (χ2v) is 8.78. The van der Waals surface area contributed by atoms with E-state index < -0.39 is 0 Å². The summed E-state index contributed by atoms with van der Waals surface area (Å²) in [6, 6.07) is 6.53. The summed E-state index contributed by atoms with van der Waals surface area (Å²) < 4.78 is 0. The Morgan fingerprint density at radius 3 is 2.30 bits per heavy atom. The molecular formula is C25H34N2. The number of nitrogens with zero attached hydrogens (tertiary/aromatic N) is 2. The maximum Gasteiger partial charge on any atom is 0.0744 e. The summed E-state index contributed by atoms with van der Waals surface area (Å²) in [4.78, 5) is 9.55. The predicted octanol–water partition coefficient (Wildman–Crippen LogP) is 6.39. The molecule has 2 heteroatoms. The first-order chi connectivity index (χ1) is 12.5. The van der Waals surface area contributed by atoms with Crippen LogP contribution < -0.4 is 0 Å². The molecule has 1 aliphatic heterocycles. The highest BCUT2D eigenvalue weighted by atomic mass is 14.9. The minimum atomic E-state index is -0.209. The Morgan fingerprint density at radius 2 is 1.70 bits per heavy atom. The van der Waals surface area contributed by atoms with Crippen LogP contribution in [0.3, 0.4) is 0 Å². The number of aryl methyl sites for hydroxylation is 1. The minimum Gasteiger partial charge on any atom is -0.296 e. The van der Waals surface area contributed by atoms with Crippen LogP contribution in [0, 0.1) is 6.92 Å². The number of allylic oxidation sites excluding steroid dienone is 6. The molecule has 0 aliphatic carbocycles. The van der Waals surface area contributed by atoms with Gasteiger partial charge in [0.25, 0.3) is 0 Å². The Balaban J connectivity index is 2.74. The zero-order valence-electron chi connectivity index (χ0n) is 18.4. The zero-order valence-corrected chi connectivity index (χ0v) is 18.4. The molecule has 0 aromatic heterocycles. The molecule has 1 aliphatic rings. The van der Waals surface area contributed by atoms with Crippen LogP contribution in [-0.4, -0.2) is 24.5 Å². The Morgan fingerprint density at radius 1 is 1.04 bits per heavy atom. The van der Waals surface area contributed by atoms with Crippen LogP contribution in [0.1, 0.15) is 65.2 Å². The second kappa shape index (κ2) is 7.80. The van der Waals surface area contributed by atoms with E-state index >= 15 is 0 Å². The molecule has 2 rings (SSSR count). The van der Waals surface area contributed by atoms with Crippen molar-refractivity contribution in [3.63, 3.8) is 0 Å². The van der Waals surface area contributed by atoms with Crippen LogP contribution in [0.2, 0.25) is 0 Å². The predicted molar refractivity (Wildman–Crippen MR) is 121 cm³/mol. The van der Waals surface area contributed by atoms with Gasteiger partial charge in [0.05, 0.1) is 11.3 Å². The lowest BCUT2D eigenvalue weighted by Gasteiger charge is -2.45. The summed E-state index contributed by atoms with van der Waals surface area (Å²) in [5.41, 5.74) is 8.25. The van der Waals surface area contributed by atoms with Crippen molar-refractivity contribution in [2.75, 3.05) is 7.05 Å². The van der Waals surface area contributed by atoms with E-state index in [1.807, 2.05) is 13.3 Å². The first-order valence-corrected chi connectivity index (χ1v) is 9.67. The molecule has 0 amide bonds. The smallest absolute Gasteiger partial charge is 0.0744 e. The van der Waals surface area contributed by atoms with E-state index in [1.54, 1.807) is 0 Å². The van der Waals surface area contributed by atoms with Gasteiger partial charge in [0.1, 0.15) is 0 Å². The first-order valence-electron chi connectivity index (χ1n) is 9.67. The normalized spacial score (nSPS) is 18.9. The highest BCUT2D eigenvalue weighted by molar-refractivity contribution is 6.25. The Labute approximate surface area is 165 Å². The number of benzene rings is 1. The number of fused-ring (bicyclic) bond motifs is 1. The molecule has 0 atom stereocenters. The van der Waals surface area contributed by atoms with Crippen molar-refractivity contribution in [2.45, 2.75) is 66.3 Å². The van der Waals surface area contributed by atoms with Gasteiger partial charge in [0, 0.05) is 29.8 Å². The standard InChI is InChI=1S/C25H34N2/c1-17(2)13-14-18(3)15-20(16-26-9)23-21-12-10-11-19(4)22(21)24(5,6)25(7,8)27-23/h10-16H,1-9H3/b18-14+,20-15+,26-16-. The van der Waals surface area contributed by atoms with Crippen LogP contribution in [0.5, 0.6) is 0 Å². The number of rotatable bonds is 4. The van der Waals surface area contributed by atoms with Gasteiger partial charge < -0.3 is 0 Å². The molecular weight excluding hydrogens is 328 g/mol. The Kier molecular flexibility index (Phi) is 6.09. The summed E-state index contributed by atoms with van der Waals surface area (Å²) >= 11 is 0. The van der Waals surface area contributed by atoms with E-state index in [0.29, 0.717) is 0 Å².